The van der Waals surface area contributed by atoms with Gasteiger partial charge in [-0.15, -0.1) is 0 Å². The molecule has 2 aliphatic heterocycles. The summed E-state index contributed by atoms with van der Waals surface area (Å²) in [5.41, 5.74) is 0.623. The smallest absolute Gasteiger partial charge is 0.282 e. The van der Waals surface area contributed by atoms with E-state index >= 15 is 0 Å². The van der Waals surface area contributed by atoms with Gasteiger partial charge in [0.15, 0.2) is 6.04 Å². The van der Waals surface area contributed by atoms with Crippen LogP contribution < -0.4 is 10.2 Å². The summed E-state index contributed by atoms with van der Waals surface area (Å²) in [7, 11) is -3.51. The summed E-state index contributed by atoms with van der Waals surface area (Å²) in [5, 5.41) is 2.92. The molecule has 1 aromatic rings. The number of anilines is 1. The highest BCUT2D eigenvalue weighted by Gasteiger charge is 2.29. The number of ether oxygens (including phenoxy) is 1. The Kier molecular flexibility index (Phi) is 6.52. The van der Waals surface area contributed by atoms with Gasteiger partial charge in [-0.2, -0.15) is 4.31 Å². The standard InChI is InChI=1S/C19H29N3O4S/c1-15-7-9-21(10-8-15)16(2)19(23)20-17-3-5-18(6-4-17)27(24,25)22-11-13-26-14-12-22/h3-6,15-16H,7-14H2,1-2H3,(H,20,23)/p+1/t16-/m0/s1. The lowest BCUT2D eigenvalue weighted by molar-refractivity contribution is -0.919. The molecule has 2 fully saturated rings. The van der Waals surface area contributed by atoms with E-state index in [-0.39, 0.29) is 16.8 Å². The van der Waals surface area contributed by atoms with Gasteiger partial charge in [0, 0.05) is 18.8 Å². The molecule has 1 aromatic carbocycles. The van der Waals surface area contributed by atoms with Crippen LogP contribution in [0.3, 0.4) is 0 Å². The maximum atomic E-state index is 12.6. The second kappa shape index (κ2) is 8.68. The van der Waals surface area contributed by atoms with Crippen LogP contribution in [0.4, 0.5) is 5.69 Å². The second-order valence-corrected chi connectivity index (χ2v) is 9.53. The number of rotatable bonds is 5. The van der Waals surface area contributed by atoms with E-state index in [1.807, 2.05) is 6.92 Å². The van der Waals surface area contributed by atoms with Crippen LogP contribution in [-0.4, -0.2) is 64.1 Å². The van der Waals surface area contributed by atoms with Crippen molar-refractivity contribution in [3.8, 4) is 0 Å². The Hall–Kier alpha value is -1.48. The van der Waals surface area contributed by atoms with Crippen molar-refractivity contribution in [2.45, 2.75) is 37.6 Å². The number of hydrogen-bond donors (Lipinski definition) is 2. The minimum atomic E-state index is -3.51. The van der Waals surface area contributed by atoms with Crippen molar-refractivity contribution in [2.75, 3.05) is 44.7 Å². The molecule has 0 spiro atoms. The molecule has 0 aromatic heterocycles. The number of amides is 1. The number of nitrogens with one attached hydrogen (secondary N) is 2. The Bertz CT molecular complexity index is 737. The Labute approximate surface area is 161 Å². The molecule has 0 bridgehead atoms. The molecule has 7 nitrogen and oxygen atoms in total. The Morgan fingerprint density at radius 2 is 1.78 bits per heavy atom. The van der Waals surface area contributed by atoms with E-state index in [2.05, 4.69) is 12.2 Å². The Balaban J connectivity index is 1.60. The highest BCUT2D eigenvalue weighted by atomic mass is 32.2. The first kappa shape index (κ1) is 20.3. The van der Waals surface area contributed by atoms with Crippen molar-refractivity contribution >= 4 is 21.6 Å². The zero-order valence-corrected chi connectivity index (χ0v) is 16.9. The summed E-state index contributed by atoms with van der Waals surface area (Å²) >= 11 is 0. The molecule has 1 amide bonds. The number of likely N-dealkylation sites (tertiary alicyclic amines) is 1. The fourth-order valence-electron chi connectivity index (χ4n) is 3.65. The zero-order chi connectivity index (χ0) is 19.4. The van der Waals surface area contributed by atoms with Crippen molar-refractivity contribution in [3.63, 3.8) is 0 Å². The molecule has 0 unspecified atom stereocenters. The van der Waals surface area contributed by atoms with Gasteiger partial charge in [-0.25, -0.2) is 8.42 Å². The van der Waals surface area contributed by atoms with Gasteiger partial charge < -0.3 is 15.0 Å². The molecule has 2 heterocycles. The minimum absolute atomic E-state index is 0.0247. The van der Waals surface area contributed by atoms with E-state index in [1.54, 1.807) is 24.3 Å². The largest absolute Gasteiger partial charge is 0.379 e. The van der Waals surface area contributed by atoms with E-state index in [4.69, 9.17) is 4.74 Å². The van der Waals surface area contributed by atoms with E-state index in [0.29, 0.717) is 32.0 Å². The van der Waals surface area contributed by atoms with Gasteiger partial charge in [0.05, 0.1) is 31.2 Å². The summed E-state index contributed by atoms with van der Waals surface area (Å²) in [6.45, 7) is 7.84. The summed E-state index contributed by atoms with van der Waals surface area (Å²) < 4.78 is 31.9. The lowest BCUT2D eigenvalue weighted by Crippen LogP contribution is -3.17. The average molecular weight is 397 g/mol. The third-order valence-electron chi connectivity index (χ3n) is 5.65. The number of carbonyl (C=O) groups is 1. The van der Waals surface area contributed by atoms with Gasteiger partial charge in [0.1, 0.15) is 0 Å². The normalized spacial score (nSPS) is 25.7. The summed E-state index contributed by atoms with van der Waals surface area (Å²) in [5.74, 6) is 0.716. The van der Waals surface area contributed by atoms with Crippen molar-refractivity contribution in [2.24, 2.45) is 5.92 Å². The molecule has 2 saturated heterocycles. The van der Waals surface area contributed by atoms with E-state index in [1.165, 1.54) is 9.21 Å². The monoisotopic (exact) mass is 396 g/mol. The molecule has 0 saturated carbocycles. The SMILES string of the molecule is CC1CC[NH+]([C@@H](C)C(=O)Nc2ccc(S(=O)(=O)N3CCOCC3)cc2)CC1. The minimum Gasteiger partial charge on any atom is -0.379 e. The van der Waals surface area contributed by atoms with E-state index < -0.39 is 10.0 Å². The molecule has 8 heteroatoms. The van der Waals surface area contributed by atoms with Crippen LogP contribution in [0.25, 0.3) is 0 Å². The van der Waals surface area contributed by atoms with Crippen LogP contribution in [0, 0.1) is 5.92 Å². The molecule has 0 aliphatic carbocycles. The van der Waals surface area contributed by atoms with Crippen molar-refractivity contribution < 1.29 is 22.8 Å². The fourth-order valence-corrected chi connectivity index (χ4v) is 5.06. The van der Waals surface area contributed by atoms with Crippen LogP contribution in [0.2, 0.25) is 0 Å². The molecule has 27 heavy (non-hydrogen) atoms. The first-order chi connectivity index (χ1) is 12.9. The zero-order valence-electron chi connectivity index (χ0n) is 16.1. The summed E-state index contributed by atoms with van der Waals surface area (Å²) in [4.78, 5) is 14.1. The fraction of sp³-hybridized carbons (Fsp3) is 0.632. The van der Waals surface area contributed by atoms with E-state index in [9.17, 15) is 13.2 Å². The van der Waals surface area contributed by atoms with Gasteiger partial charge in [-0.05, 0) is 49.9 Å². The number of benzene rings is 1. The number of piperidine rings is 1. The van der Waals surface area contributed by atoms with Gasteiger partial charge in [0.2, 0.25) is 10.0 Å². The third kappa shape index (κ3) is 4.87. The maximum absolute atomic E-state index is 12.6. The van der Waals surface area contributed by atoms with Crippen molar-refractivity contribution in [3.05, 3.63) is 24.3 Å². The summed E-state index contributed by atoms with van der Waals surface area (Å²) in [6.07, 6.45) is 2.31. The first-order valence-electron chi connectivity index (χ1n) is 9.71. The highest BCUT2D eigenvalue weighted by molar-refractivity contribution is 7.89. The number of carbonyl (C=O) groups excluding carboxylic acids is 1. The van der Waals surface area contributed by atoms with Gasteiger partial charge in [0.25, 0.3) is 5.91 Å². The second-order valence-electron chi connectivity index (χ2n) is 7.59. The number of morpholine rings is 1. The van der Waals surface area contributed by atoms with Gasteiger partial charge >= 0.3 is 0 Å². The molecule has 2 aliphatic rings. The van der Waals surface area contributed by atoms with E-state index in [0.717, 1.165) is 31.8 Å². The van der Waals surface area contributed by atoms with Crippen molar-refractivity contribution in [1.82, 2.24) is 4.31 Å². The predicted molar refractivity (Wildman–Crippen MR) is 103 cm³/mol. The van der Waals surface area contributed by atoms with Crippen LogP contribution >= 0.6 is 0 Å². The first-order valence-corrected chi connectivity index (χ1v) is 11.2. The summed E-state index contributed by atoms with van der Waals surface area (Å²) in [6, 6.07) is 6.31. The lowest BCUT2D eigenvalue weighted by atomic mass is 9.98. The van der Waals surface area contributed by atoms with Gasteiger partial charge in [-0.1, -0.05) is 6.92 Å². The Morgan fingerprint density at radius 3 is 2.37 bits per heavy atom. The Morgan fingerprint density at radius 1 is 1.19 bits per heavy atom. The molecular formula is C19H30N3O4S+. The van der Waals surface area contributed by atoms with Gasteiger partial charge in [-0.3, -0.25) is 4.79 Å². The molecule has 2 N–H and O–H groups in total. The molecule has 1 atom stereocenters. The van der Waals surface area contributed by atoms with Crippen molar-refractivity contribution in [1.29, 1.82) is 0 Å². The number of sulfonamides is 1. The van der Waals surface area contributed by atoms with Crippen LogP contribution in [0.1, 0.15) is 26.7 Å². The average Bonchev–Trinajstić information content (AvgIpc) is 2.69. The van der Waals surface area contributed by atoms with Crippen LogP contribution in [-0.2, 0) is 19.6 Å². The number of hydrogen-bond acceptors (Lipinski definition) is 4. The topological polar surface area (TPSA) is 80.2 Å². The highest BCUT2D eigenvalue weighted by Crippen LogP contribution is 2.19. The van der Waals surface area contributed by atoms with Crippen LogP contribution in [0.5, 0.6) is 0 Å². The molecular weight excluding hydrogens is 366 g/mol. The molecule has 3 rings (SSSR count). The number of nitrogens with zero attached hydrogens (tertiary/aromatic N) is 1. The number of quaternary nitrogens is 1. The lowest BCUT2D eigenvalue weighted by Gasteiger charge is -2.31. The third-order valence-corrected chi connectivity index (χ3v) is 7.56. The molecule has 150 valence electrons. The maximum Gasteiger partial charge on any atom is 0.282 e. The van der Waals surface area contributed by atoms with Crippen LogP contribution in [0.15, 0.2) is 29.2 Å². The quantitative estimate of drug-likeness (QED) is 0.753. The predicted octanol–water partition coefficient (Wildman–Crippen LogP) is 0.349. The molecule has 0 radical (unpaired) electrons.